The van der Waals surface area contributed by atoms with Gasteiger partial charge in [0.25, 0.3) is 5.91 Å². The van der Waals surface area contributed by atoms with Crippen LogP contribution < -0.4 is 9.47 Å². The summed E-state index contributed by atoms with van der Waals surface area (Å²) in [6, 6.07) is 7.19. The number of carbonyl (C=O) groups is 1. The maximum absolute atomic E-state index is 11.8. The zero-order valence-electron chi connectivity index (χ0n) is 10.3. The van der Waals surface area contributed by atoms with E-state index in [4.69, 9.17) is 9.47 Å². The Morgan fingerprint density at radius 2 is 2.17 bits per heavy atom. The van der Waals surface area contributed by atoms with Gasteiger partial charge in [-0.15, -0.1) is 0 Å². The van der Waals surface area contributed by atoms with Crippen molar-refractivity contribution in [1.82, 2.24) is 4.90 Å². The number of carbonyl (C=O) groups excluding carboxylic acids is 1. The summed E-state index contributed by atoms with van der Waals surface area (Å²) in [6.07, 6.45) is 0.237. The van der Waals surface area contributed by atoms with Gasteiger partial charge in [-0.05, 0) is 18.6 Å². The van der Waals surface area contributed by atoms with Crippen molar-refractivity contribution in [2.24, 2.45) is 0 Å². The molecule has 1 amide bonds. The number of benzene rings is 1. The number of nitrogens with zero attached hydrogens (tertiary/aromatic N) is 1. The summed E-state index contributed by atoms with van der Waals surface area (Å²) in [4.78, 5) is 13.4. The number of ether oxygens (including phenoxy) is 2. The highest BCUT2D eigenvalue weighted by atomic mass is 16.5. The number of methoxy groups -OCH3 is 1. The van der Waals surface area contributed by atoms with E-state index in [1.807, 2.05) is 12.1 Å². The number of hydrogen-bond acceptors (Lipinski definition) is 4. The molecule has 0 radical (unpaired) electrons. The average molecular weight is 251 g/mol. The number of hydrogen-bond donors (Lipinski definition) is 1. The van der Waals surface area contributed by atoms with Crippen molar-refractivity contribution in [1.29, 1.82) is 0 Å². The van der Waals surface area contributed by atoms with Gasteiger partial charge in [-0.2, -0.15) is 0 Å². The standard InChI is InChI=1S/C13H17NO4/c1-17-11-4-2-3-5-12(11)18-9-13(16)14-7-6-10(15)8-14/h2-5,10,15H,6-9H2,1H3. The van der Waals surface area contributed by atoms with Crippen LogP contribution >= 0.6 is 0 Å². The minimum atomic E-state index is -0.403. The lowest BCUT2D eigenvalue weighted by molar-refractivity contribution is -0.132. The van der Waals surface area contributed by atoms with Crippen LogP contribution in [0.1, 0.15) is 6.42 Å². The summed E-state index contributed by atoms with van der Waals surface area (Å²) < 4.78 is 10.6. The second-order valence-corrected chi connectivity index (χ2v) is 4.22. The van der Waals surface area contributed by atoms with E-state index in [-0.39, 0.29) is 12.5 Å². The molecule has 0 spiro atoms. The predicted octanol–water partition coefficient (Wildman–Crippen LogP) is 0.667. The molecule has 1 aromatic carbocycles. The van der Waals surface area contributed by atoms with Crippen LogP contribution in [0.25, 0.3) is 0 Å². The van der Waals surface area contributed by atoms with Gasteiger partial charge in [0.15, 0.2) is 18.1 Å². The predicted molar refractivity (Wildman–Crippen MR) is 65.7 cm³/mol. The quantitative estimate of drug-likeness (QED) is 0.854. The Hall–Kier alpha value is -1.75. The number of likely N-dealkylation sites (tertiary alicyclic amines) is 1. The first-order chi connectivity index (χ1) is 8.70. The number of para-hydroxylation sites is 2. The van der Waals surface area contributed by atoms with E-state index in [1.165, 1.54) is 0 Å². The monoisotopic (exact) mass is 251 g/mol. The highest BCUT2D eigenvalue weighted by Gasteiger charge is 2.24. The fraction of sp³-hybridized carbons (Fsp3) is 0.462. The third kappa shape index (κ3) is 2.92. The summed E-state index contributed by atoms with van der Waals surface area (Å²) in [7, 11) is 1.56. The van der Waals surface area contributed by atoms with E-state index in [1.54, 1.807) is 24.1 Å². The van der Waals surface area contributed by atoms with Crippen LogP contribution in [0.15, 0.2) is 24.3 Å². The molecule has 0 aliphatic carbocycles. The Kier molecular flexibility index (Phi) is 4.04. The molecule has 18 heavy (non-hydrogen) atoms. The Morgan fingerprint density at radius 1 is 1.44 bits per heavy atom. The van der Waals surface area contributed by atoms with Gasteiger partial charge in [0, 0.05) is 13.1 Å². The minimum absolute atomic E-state index is 0.0346. The first-order valence-corrected chi connectivity index (χ1v) is 5.92. The molecule has 1 N–H and O–H groups in total. The summed E-state index contributed by atoms with van der Waals surface area (Å²) in [5.74, 6) is 1.04. The zero-order valence-corrected chi connectivity index (χ0v) is 10.3. The van der Waals surface area contributed by atoms with Crippen molar-refractivity contribution in [2.75, 3.05) is 26.8 Å². The van der Waals surface area contributed by atoms with E-state index in [0.717, 1.165) is 0 Å². The smallest absolute Gasteiger partial charge is 0.260 e. The minimum Gasteiger partial charge on any atom is -0.493 e. The Morgan fingerprint density at radius 3 is 2.78 bits per heavy atom. The highest BCUT2D eigenvalue weighted by Crippen LogP contribution is 2.25. The normalized spacial score (nSPS) is 18.8. The molecular formula is C13H17NO4. The lowest BCUT2D eigenvalue weighted by Gasteiger charge is -2.16. The Bertz CT molecular complexity index is 421. The Balaban J connectivity index is 1.89. The molecule has 1 unspecified atom stereocenters. The number of rotatable bonds is 4. The van der Waals surface area contributed by atoms with Crippen LogP contribution in [0.2, 0.25) is 0 Å². The van der Waals surface area contributed by atoms with Gasteiger partial charge in [0.05, 0.1) is 13.2 Å². The van der Waals surface area contributed by atoms with Crippen molar-refractivity contribution in [3.63, 3.8) is 0 Å². The van der Waals surface area contributed by atoms with Crippen molar-refractivity contribution in [2.45, 2.75) is 12.5 Å². The largest absolute Gasteiger partial charge is 0.493 e. The molecular weight excluding hydrogens is 234 g/mol. The molecule has 5 nitrogen and oxygen atoms in total. The fourth-order valence-corrected chi connectivity index (χ4v) is 1.94. The zero-order chi connectivity index (χ0) is 13.0. The number of aliphatic hydroxyl groups excluding tert-OH is 1. The molecule has 1 heterocycles. The molecule has 5 heteroatoms. The van der Waals surface area contributed by atoms with Crippen molar-refractivity contribution in [3.05, 3.63) is 24.3 Å². The first kappa shape index (κ1) is 12.7. The molecule has 0 saturated carbocycles. The molecule has 1 atom stereocenters. The fourth-order valence-electron chi connectivity index (χ4n) is 1.94. The summed E-state index contributed by atoms with van der Waals surface area (Å²) in [5.41, 5.74) is 0. The molecule has 98 valence electrons. The van der Waals surface area contributed by atoms with Gasteiger partial charge < -0.3 is 19.5 Å². The van der Waals surface area contributed by atoms with E-state index in [2.05, 4.69) is 0 Å². The van der Waals surface area contributed by atoms with E-state index >= 15 is 0 Å². The number of amides is 1. The summed E-state index contributed by atoms with van der Waals surface area (Å²) in [6.45, 7) is 0.955. The van der Waals surface area contributed by atoms with Gasteiger partial charge in [-0.25, -0.2) is 0 Å². The van der Waals surface area contributed by atoms with Crippen LogP contribution in [0.5, 0.6) is 11.5 Å². The van der Waals surface area contributed by atoms with Crippen LogP contribution in [0, 0.1) is 0 Å². The molecule has 1 aromatic rings. The molecule has 1 saturated heterocycles. The number of β-amino-alcohol motifs (C(OH)–C–C–N with tert-alkyl or cyclic N) is 1. The lowest BCUT2D eigenvalue weighted by atomic mass is 10.3. The third-order valence-corrected chi connectivity index (χ3v) is 2.94. The molecule has 2 rings (SSSR count). The van der Waals surface area contributed by atoms with Gasteiger partial charge in [-0.3, -0.25) is 4.79 Å². The second-order valence-electron chi connectivity index (χ2n) is 4.22. The van der Waals surface area contributed by atoms with Crippen LogP contribution in [-0.2, 0) is 4.79 Å². The van der Waals surface area contributed by atoms with Gasteiger partial charge in [0.1, 0.15) is 0 Å². The molecule has 1 aliphatic rings. The van der Waals surface area contributed by atoms with Gasteiger partial charge >= 0.3 is 0 Å². The van der Waals surface area contributed by atoms with Crippen LogP contribution in [0.3, 0.4) is 0 Å². The maximum atomic E-state index is 11.8. The SMILES string of the molecule is COc1ccccc1OCC(=O)N1CCC(O)C1. The van der Waals surface area contributed by atoms with Crippen molar-refractivity contribution >= 4 is 5.91 Å². The summed E-state index contributed by atoms with van der Waals surface area (Å²) >= 11 is 0. The van der Waals surface area contributed by atoms with Crippen LogP contribution in [0.4, 0.5) is 0 Å². The second kappa shape index (κ2) is 5.73. The number of aliphatic hydroxyl groups is 1. The van der Waals surface area contributed by atoms with Crippen molar-refractivity contribution in [3.8, 4) is 11.5 Å². The van der Waals surface area contributed by atoms with Crippen molar-refractivity contribution < 1.29 is 19.4 Å². The lowest BCUT2D eigenvalue weighted by Crippen LogP contribution is -2.33. The maximum Gasteiger partial charge on any atom is 0.260 e. The molecule has 1 fully saturated rings. The first-order valence-electron chi connectivity index (χ1n) is 5.92. The van der Waals surface area contributed by atoms with E-state index < -0.39 is 6.10 Å². The van der Waals surface area contributed by atoms with Gasteiger partial charge in [0.2, 0.25) is 0 Å². The molecule has 1 aliphatic heterocycles. The average Bonchev–Trinajstić information content (AvgIpc) is 2.83. The summed E-state index contributed by atoms with van der Waals surface area (Å²) in [5, 5.41) is 9.36. The molecule has 0 aromatic heterocycles. The van der Waals surface area contributed by atoms with Crippen LogP contribution in [-0.4, -0.2) is 48.8 Å². The topological polar surface area (TPSA) is 59.0 Å². The Labute approximate surface area is 106 Å². The molecule has 0 bridgehead atoms. The van der Waals surface area contributed by atoms with Gasteiger partial charge in [-0.1, -0.05) is 12.1 Å². The van der Waals surface area contributed by atoms with E-state index in [9.17, 15) is 9.90 Å². The third-order valence-electron chi connectivity index (χ3n) is 2.94. The van der Waals surface area contributed by atoms with E-state index in [0.29, 0.717) is 31.0 Å². The highest BCUT2D eigenvalue weighted by molar-refractivity contribution is 5.78.